The van der Waals surface area contributed by atoms with Gasteiger partial charge in [0.1, 0.15) is 6.54 Å². The van der Waals surface area contributed by atoms with Crippen molar-refractivity contribution in [3.63, 3.8) is 0 Å². The van der Waals surface area contributed by atoms with E-state index in [0.29, 0.717) is 12.2 Å². The molecule has 3 rings (SSSR count). The summed E-state index contributed by atoms with van der Waals surface area (Å²) in [7, 11) is -3.88. The lowest BCUT2D eigenvalue weighted by molar-refractivity contribution is -0.119. The molecule has 1 fully saturated rings. The van der Waals surface area contributed by atoms with Gasteiger partial charge >= 0.3 is 0 Å². The number of carbonyl (C=O) groups is 1. The van der Waals surface area contributed by atoms with Crippen molar-refractivity contribution in [2.75, 3.05) is 37.0 Å². The molecule has 6 nitrogen and oxygen atoms in total. The van der Waals surface area contributed by atoms with Crippen LogP contribution in [-0.2, 0) is 14.8 Å². The van der Waals surface area contributed by atoms with Gasteiger partial charge in [0.05, 0.1) is 10.6 Å². The monoisotopic (exact) mass is 443 g/mol. The van der Waals surface area contributed by atoms with E-state index in [2.05, 4.69) is 10.2 Å². The van der Waals surface area contributed by atoms with Crippen molar-refractivity contribution in [3.8, 4) is 0 Å². The summed E-state index contributed by atoms with van der Waals surface area (Å²) < 4.78 is 28.2. The van der Waals surface area contributed by atoms with Crippen molar-refractivity contribution in [2.45, 2.75) is 44.9 Å². The molecule has 0 spiro atoms. The van der Waals surface area contributed by atoms with Gasteiger partial charge in [-0.1, -0.05) is 29.8 Å². The second-order valence-corrected chi connectivity index (χ2v) is 10.2. The Morgan fingerprint density at radius 1 is 1.00 bits per heavy atom. The molecule has 0 bridgehead atoms. The zero-order valence-electron chi connectivity index (χ0n) is 18.7. The highest BCUT2D eigenvalue weighted by molar-refractivity contribution is 7.92. The Bertz CT molecular complexity index is 997. The van der Waals surface area contributed by atoms with Crippen molar-refractivity contribution in [1.29, 1.82) is 0 Å². The molecular formula is C24H33N3O3S. The van der Waals surface area contributed by atoms with E-state index in [0.717, 1.165) is 42.7 Å². The second kappa shape index (κ2) is 10.3. The van der Waals surface area contributed by atoms with Crippen molar-refractivity contribution >= 4 is 21.6 Å². The molecule has 0 radical (unpaired) electrons. The van der Waals surface area contributed by atoms with Gasteiger partial charge in [-0.05, 0) is 89.0 Å². The summed E-state index contributed by atoms with van der Waals surface area (Å²) in [4.78, 5) is 15.3. The van der Waals surface area contributed by atoms with Crippen LogP contribution in [-0.4, -0.2) is 51.9 Å². The Kier molecular flexibility index (Phi) is 7.73. The first-order valence-electron chi connectivity index (χ1n) is 10.9. The zero-order valence-corrected chi connectivity index (χ0v) is 19.5. The number of benzene rings is 2. The van der Waals surface area contributed by atoms with E-state index in [1.165, 1.54) is 17.1 Å². The Hall–Kier alpha value is -2.38. The summed E-state index contributed by atoms with van der Waals surface area (Å²) in [5.74, 6) is -0.294. The first kappa shape index (κ1) is 23.3. The van der Waals surface area contributed by atoms with E-state index in [1.807, 2.05) is 39.0 Å². The molecular weight excluding hydrogens is 410 g/mol. The van der Waals surface area contributed by atoms with Crippen LogP contribution in [0.5, 0.6) is 0 Å². The highest BCUT2D eigenvalue weighted by atomic mass is 32.2. The fourth-order valence-corrected chi connectivity index (χ4v) is 5.33. The van der Waals surface area contributed by atoms with E-state index >= 15 is 0 Å². The van der Waals surface area contributed by atoms with Crippen LogP contribution in [0.15, 0.2) is 47.4 Å². The molecule has 0 aromatic heterocycles. The third kappa shape index (κ3) is 6.08. The largest absolute Gasteiger partial charge is 0.354 e. The van der Waals surface area contributed by atoms with Gasteiger partial charge in [-0.15, -0.1) is 0 Å². The quantitative estimate of drug-likeness (QED) is 0.603. The van der Waals surface area contributed by atoms with E-state index < -0.39 is 10.0 Å². The maximum atomic E-state index is 13.5. The Balaban J connectivity index is 1.76. The fraction of sp³-hybridized carbons (Fsp3) is 0.458. The zero-order chi connectivity index (χ0) is 22.4. The van der Waals surface area contributed by atoms with Crippen LogP contribution < -0.4 is 9.62 Å². The highest BCUT2D eigenvalue weighted by Crippen LogP contribution is 2.28. The average Bonchev–Trinajstić information content (AvgIpc) is 3.25. The molecule has 0 unspecified atom stereocenters. The lowest BCUT2D eigenvalue weighted by Gasteiger charge is -2.26. The molecule has 2 aromatic carbocycles. The van der Waals surface area contributed by atoms with Gasteiger partial charge in [0, 0.05) is 6.54 Å². The van der Waals surface area contributed by atoms with Crippen molar-refractivity contribution < 1.29 is 13.2 Å². The lowest BCUT2D eigenvalue weighted by Crippen LogP contribution is -2.41. The minimum Gasteiger partial charge on any atom is -0.354 e. The smallest absolute Gasteiger partial charge is 0.264 e. The summed E-state index contributed by atoms with van der Waals surface area (Å²) in [5, 5.41) is 2.90. The molecule has 1 saturated heterocycles. The Morgan fingerprint density at radius 2 is 1.65 bits per heavy atom. The number of anilines is 1. The van der Waals surface area contributed by atoms with Gasteiger partial charge in [-0.2, -0.15) is 0 Å². The standard InChI is InChI=1S/C24H33N3O3S/c1-19-8-11-22(12-9-19)31(29,30)27(23-17-20(2)7-10-21(23)3)18-24(28)25-13-6-16-26-14-4-5-15-26/h7-12,17H,4-6,13-16,18H2,1-3H3,(H,25,28). The first-order valence-corrected chi connectivity index (χ1v) is 12.4. The van der Waals surface area contributed by atoms with E-state index in [9.17, 15) is 13.2 Å². The maximum Gasteiger partial charge on any atom is 0.264 e. The van der Waals surface area contributed by atoms with Crippen LogP contribution in [0.1, 0.15) is 36.0 Å². The molecule has 168 valence electrons. The number of likely N-dealkylation sites (tertiary alicyclic amines) is 1. The summed E-state index contributed by atoms with van der Waals surface area (Å²) >= 11 is 0. The summed E-state index contributed by atoms with van der Waals surface area (Å²) in [6.45, 7) is 9.20. The van der Waals surface area contributed by atoms with Crippen LogP contribution >= 0.6 is 0 Å². The van der Waals surface area contributed by atoms with Crippen LogP contribution in [0.2, 0.25) is 0 Å². The van der Waals surface area contributed by atoms with E-state index in [1.54, 1.807) is 24.3 Å². The lowest BCUT2D eigenvalue weighted by atomic mass is 10.1. The van der Waals surface area contributed by atoms with Crippen molar-refractivity contribution in [2.24, 2.45) is 0 Å². The number of hydrogen-bond acceptors (Lipinski definition) is 4. The molecule has 0 atom stereocenters. The van der Waals surface area contributed by atoms with Crippen molar-refractivity contribution in [3.05, 3.63) is 59.2 Å². The van der Waals surface area contributed by atoms with Gasteiger partial charge in [0.15, 0.2) is 0 Å². The first-order chi connectivity index (χ1) is 14.8. The minimum absolute atomic E-state index is 0.181. The molecule has 1 heterocycles. The number of sulfonamides is 1. The number of amides is 1. The van der Waals surface area contributed by atoms with E-state index in [4.69, 9.17) is 0 Å². The number of nitrogens with one attached hydrogen (secondary N) is 1. The number of carbonyl (C=O) groups excluding carboxylic acids is 1. The molecule has 1 aliphatic rings. The third-order valence-corrected chi connectivity index (χ3v) is 7.48. The fourth-order valence-electron chi connectivity index (χ4n) is 3.85. The van der Waals surface area contributed by atoms with Crippen LogP contribution in [0.3, 0.4) is 0 Å². The van der Waals surface area contributed by atoms with Gasteiger partial charge in [0.2, 0.25) is 5.91 Å². The minimum atomic E-state index is -3.88. The van der Waals surface area contributed by atoms with Gasteiger partial charge < -0.3 is 10.2 Å². The summed E-state index contributed by atoms with van der Waals surface area (Å²) in [5.41, 5.74) is 3.26. The number of hydrogen-bond donors (Lipinski definition) is 1. The second-order valence-electron chi connectivity index (χ2n) is 8.37. The van der Waals surface area contributed by atoms with E-state index in [-0.39, 0.29) is 17.3 Å². The van der Waals surface area contributed by atoms with Crippen LogP contribution in [0.4, 0.5) is 5.69 Å². The highest BCUT2D eigenvalue weighted by Gasteiger charge is 2.28. The summed E-state index contributed by atoms with van der Waals surface area (Å²) in [6.07, 6.45) is 3.35. The predicted octanol–water partition coefficient (Wildman–Crippen LogP) is 3.41. The summed E-state index contributed by atoms with van der Waals surface area (Å²) in [6, 6.07) is 12.4. The predicted molar refractivity (Wildman–Crippen MR) is 125 cm³/mol. The molecule has 2 aromatic rings. The van der Waals surface area contributed by atoms with Gasteiger partial charge in [0.25, 0.3) is 10.0 Å². The average molecular weight is 444 g/mol. The third-order valence-electron chi connectivity index (χ3n) is 5.70. The molecule has 7 heteroatoms. The molecule has 1 aliphatic heterocycles. The normalized spacial score (nSPS) is 14.5. The van der Waals surface area contributed by atoms with Gasteiger partial charge in [-0.3, -0.25) is 9.10 Å². The topological polar surface area (TPSA) is 69.7 Å². The molecule has 0 aliphatic carbocycles. The van der Waals surface area contributed by atoms with Crippen LogP contribution in [0, 0.1) is 20.8 Å². The SMILES string of the molecule is Cc1ccc(S(=O)(=O)N(CC(=O)NCCCN2CCCC2)c2cc(C)ccc2C)cc1. The number of aryl methyl sites for hydroxylation is 3. The maximum absolute atomic E-state index is 13.5. The molecule has 0 saturated carbocycles. The number of rotatable bonds is 9. The Labute approximate surface area is 186 Å². The van der Waals surface area contributed by atoms with Gasteiger partial charge in [-0.25, -0.2) is 8.42 Å². The molecule has 1 N–H and O–H groups in total. The van der Waals surface area contributed by atoms with Crippen LogP contribution in [0.25, 0.3) is 0 Å². The van der Waals surface area contributed by atoms with Crippen molar-refractivity contribution in [1.82, 2.24) is 10.2 Å². The Morgan fingerprint density at radius 3 is 2.32 bits per heavy atom. The molecule has 31 heavy (non-hydrogen) atoms. The molecule has 1 amide bonds. The number of nitrogens with zero attached hydrogens (tertiary/aromatic N) is 2.